The Bertz CT molecular complexity index is 1030. The van der Waals surface area contributed by atoms with Crippen LogP contribution in [0.25, 0.3) is 0 Å². The Morgan fingerprint density at radius 3 is 1.05 bits per heavy atom. The molecule has 1 amide bonds. The number of hydrogen-bond acceptors (Lipinski definition) is 3. The maximum absolute atomic E-state index is 12.5. The third-order valence-electron chi connectivity index (χ3n) is 12.5. The highest BCUT2D eigenvalue weighted by atomic mass is 16.3. The van der Waals surface area contributed by atoms with Gasteiger partial charge in [0.05, 0.1) is 18.8 Å². The van der Waals surface area contributed by atoms with Crippen molar-refractivity contribution in [1.29, 1.82) is 0 Å². The van der Waals surface area contributed by atoms with Gasteiger partial charge < -0.3 is 15.5 Å². The van der Waals surface area contributed by atoms with Crippen molar-refractivity contribution in [3.8, 4) is 0 Å². The lowest BCUT2D eigenvalue weighted by atomic mass is 10.0. The summed E-state index contributed by atoms with van der Waals surface area (Å²) in [5.41, 5.74) is 0. The van der Waals surface area contributed by atoms with Gasteiger partial charge in [0.2, 0.25) is 5.91 Å². The van der Waals surface area contributed by atoms with Gasteiger partial charge in [-0.15, -0.1) is 0 Å². The first-order chi connectivity index (χ1) is 30.7. The summed E-state index contributed by atoms with van der Waals surface area (Å²) < 4.78 is 0. The lowest BCUT2D eigenvalue weighted by Gasteiger charge is -2.19. The van der Waals surface area contributed by atoms with Crippen molar-refractivity contribution < 1.29 is 15.0 Å². The van der Waals surface area contributed by atoms with E-state index in [-0.39, 0.29) is 12.5 Å². The van der Waals surface area contributed by atoms with Gasteiger partial charge >= 0.3 is 0 Å². The summed E-state index contributed by atoms with van der Waals surface area (Å²) in [6.07, 6.45) is 75.2. The van der Waals surface area contributed by atoms with Crippen LogP contribution in [0.3, 0.4) is 0 Å². The lowest BCUT2D eigenvalue weighted by molar-refractivity contribution is -0.123. The van der Waals surface area contributed by atoms with Crippen LogP contribution in [0.15, 0.2) is 60.8 Å². The van der Waals surface area contributed by atoms with E-state index < -0.39 is 12.1 Å². The number of hydrogen-bond donors (Lipinski definition) is 3. The van der Waals surface area contributed by atoms with E-state index in [9.17, 15) is 15.0 Å². The van der Waals surface area contributed by atoms with E-state index in [0.29, 0.717) is 6.42 Å². The number of rotatable bonds is 50. The summed E-state index contributed by atoms with van der Waals surface area (Å²) in [4.78, 5) is 12.5. The summed E-state index contributed by atoms with van der Waals surface area (Å²) in [7, 11) is 0. The Morgan fingerprint density at radius 1 is 0.387 bits per heavy atom. The first-order valence-corrected chi connectivity index (χ1v) is 27.5. The SMILES string of the molecule is CCCCCCC/C=C\C/C=C\C/C=C\CCCCCCCCCCC(=O)NC(CO)C(O)/C=C/CC/C=C/CCCCCCCCCCCCCCCCCCCCCCC. The first kappa shape index (κ1) is 60.1. The molecule has 2 atom stereocenters. The zero-order chi connectivity index (χ0) is 44.9. The van der Waals surface area contributed by atoms with Gasteiger partial charge in [-0.3, -0.25) is 4.79 Å². The van der Waals surface area contributed by atoms with Gasteiger partial charge in [0, 0.05) is 6.42 Å². The molecule has 62 heavy (non-hydrogen) atoms. The molecule has 0 aliphatic rings. The number of carbonyl (C=O) groups excluding carboxylic acids is 1. The molecule has 0 aromatic carbocycles. The summed E-state index contributed by atoms with van der Waals surface area (Å²) in [6.45, 7) is 4.30. The highest BCUT2D eigenvalue weighted by molar-refractivity contribution is 5.76. The van der Waals surface area contributed by atoms with Crippen molar-refractivity contribution in [2.24, 2.45) is 0 Å². The molecule has 0 aromatic rings. The van der Waals surface area contributed by atoms with Crippen LogP contribution in [-0.4, -0.2) is 34.9 Å². The fraction of sp³-hybridized carbons (Fsp3) is 0.810. The Labute approximate surface area is 387 Å². The molecule has 0 saturated carbocycles. The molecule has 0 rings (SSSR count). The van der Waals surface area contributed by atoms with Crippen LogP contribution in [0, 0.1) is 0 Å². The van der Waals surface area contributed by atoms with Crippen LogP contribution < -0.4 is 5.32 Å². The minimum absolute atomic E-state index is 0.0801. The van der Waals surface area contributed by atoms with Gasteiger partial charge in [-0.25, -0.2) is 0 Å². The third kappa shape index (κ3) is 49.1. The third-order valence-corrected chi connectivity index (χ3v) is 12.5. The Balaban J connectivity index is 3.57. The molecule has 0 heterocycles. The number of amides is 1. The second-order valence-corrected chi connectivity index (χ2v) is 18.6. The molecule has 0 aliphatic carbocycles. The molecular formula is C58H107NO3. The van der Waals surface area contributed by atoms with Crippen LogP contribution in [0.5, 0.6) is 0 Å². The first-order valence-electron chi connectivity index (χ1n) is 27.5. The minimum Gasteiger partial charge on any atom is -0.394 e. The molecule has 0 saturated heterocycles. The zero-order valence-electron chi connectivity index (χ0n) is 41.6. The topological polar surface area (TPSA) is 69.6 Å². The molecular weight excluding hydrogens is 759 g/mol. The maximum atomic E-state index is 12.5. The Kier molecular flexibility index (Phi) is 51.8. The molecule has 4 nitrogen and oxygen atoms in total. The molecule has 2 unspecified atom stereocenters. The Morgan fingerprint density at radius 2 is 0.677 bits per heavy atom. The van der Waals surface area contributed by atoms with E-state index in [4.69, 9.17) is 0 Å². The van der Waals surface area contributed by atoms with E-state index in [1.165, 1.54) is 212 Å². The van der Waals surface area contributed by atoms with Gasteiger partial charge in [-0.1, -0.05) is 267 Å². The molecule has 3 N–H and O–H groups in total. The monoisotopic (exact) mass is 866 g/mol. The van der Waals surface area contributed by atoms with E-state index in [0.717, 1.165) is 51.4 Å². The summed E-state index contributed by atoms with van der Waals surface area (Å²) in [5, 5.41) is 23.1. The average molecular weight is 866 g/mol. The maximum Gasteiger partial charge on any atom is 0.220 e. The van der Waals surface area contributed by atoms with Crippen molar-refractivity contribution in [2.75, 3.05) is 6.61 Å². The van der Waals surface area contributed by atoms with E-state index in [1.54, 1.807) is 6.08 Å². The molecule has 0 aromatic heterocycles. The van der Waals surface area contributed by atoms with Crippen LogP contribution >= 0.6 is 0 Å². The van der Waals surface area contributed by atoms with Crippen LogP contribution in [0.4, 0.5) is 0 Å². The van der Waals surface area contributed by atoms with Gasteiger partial charge in [0.1, 0.15) is 0 Å². The molecule has 0 fully saturated rings. The highest BCUT2D eigenvalue weighted by Gasteiger charge is 2.17. The fourth-order valence-corrected chi connectivity index (χ4v) is 8.26. The summed E-state index contributed by atoms with van der Waals surface area (Å²) in [6, 6.07) is -0.647. The van der Waals surface area contributed by atoms with Crippen molar-refractivity contribution in [2.45, 2.75) is 296 Å². The minimum atomic E-state index is -0.869. The predicted octanol–water partition coefficient (Wildman–Crippen LogP) is 18.0. The van der Waals surface area contributed by atoms with Crippen LogP contribution in [0.1, 0.15) is 284 Å². The number of allylic oxidation sites excluding steroid dienone is 9. The summed E-state index contributed by atoms with van der Waals surface area (Å²) in [5.74, 6) is -0.0801. The van der Waals surface area contributed by atoms with Crippen molar-refractivity contribution >= 4 is 5.91 Å². The van der Waals surface area contributed by atoms with Crippen molar-refractivity contribution in [1.82, 2.24) is 5.32 Å². The van der Waals surface area contributed by atoms with E-state index in [1.807, 2.05) is 6.08 Å². The van der Waals surface area contributed by atoms with Crippen LogP contribution in [0.2, 0.25) is 0 Å². The van der Waals surface area contributed by atoms with Gasteiger partial charge in [-0.05, 0) is 70.6 Å². The molecule has 4 heteroatoms. The lowest BCUT2D eigenvalue weighted by Crippen LogP contribution is -2.45. The Hall–Kier alpha value is -1.91. The predicted molar refractivity (Wildman–Crippen MR) is 276 cm³/mol. The number of carbonyl (C=O) groups is 1. The zero-order valence-corrected chi connectivity index (χ0v) is 41.6. The second-order valence-electron chi connectivity index (χ2n) is 18.6. The van der Waals surface area contributed by atoms with Crippen molar-refractivity contribution in [3.63, 3.8) is 0 Å². The number of aliphatic hydroxyl groups is 2. The summed E-state index contributed by atoms with van der Waals surface area (Å²) >= 11 is 0. The van der Waals surface area contributed by atoms with Gasteiger partial charge in [0.15, 0.2) is 0 Å². The van der Waals surface area contributed by atoms with Crippen LogP contribution in [-0.2, 0) is 4.79 Å². The van der Waals surface area contributed by atoms with Gasteiger partial charge in [0.25, 0.3) is 0 Å². The quantitative estimate of drug-likeness (QED) is 0.0421. The number of nitrogens with one attached hydrogen (secondary N) is 1. The normalized spacial score (nSPS) is 13.3. The molecule has 0 spiro atoms. The highest BCUT2D eigenvalue weighted by Crippen LogP contribution is 2.16. The molecule has 362 valence electrons. The van der Waals surface area contributed by atoms with Crippen molar-refractivity contribution in [3.05, 3.63) is 60.8 Å². The average Bonchev–Trinajstić information content (AvgIpc) is 3.28. The number of aliphatic hydroxyl groups excluding tert-OH is 2. The van der Waals surface area contributed by atoms with E-state index in [2.05, 4.69) is 67.8 Å². The number of unbranched alkanes of at least 4 members (excludes halogenated alkanes) is 35. The molecule has 0 aliphatic heterocycles. The second kappa shape index (κ2) is 53.4. The smallest absolute Gasteiger partial charge is 0.220 e. The molecule has 0 bridgehead atoms. The largest absolute Gasteiger partial charge is 0.394 e. The standard InChI is InChI=1S/C58H107NO3/c1-3-5-7-9-11-13-15-17-19-21-23-25-27-28-29-30-32-33-35-37-39-41-43-45-47-49-51-53-57(61)56(55-60)59-58(62)54-52-50-48-46-44-42-40-38-36-34-31-26-24-22-20-18-16-14-12-10-8-6-4-2/h16,18,22,24,31,34,43,45,51,53,56-57,60-61H,3-15,17,19-21,23,25-30,32-33,35-42,44,46-50,52,54-55H2,1-2H3,(H,59,62)/b18-16-,24-22-,34-31-,45-43+,53-51+. The fourth-order valence-electron chi connectivity index (χ4n) is 8.26. The molecule has 0 radical (unpaired) electrons. The van der Waals surface area contributed by atoms with E-state index >= 15 is 0 Å². The van der Waals surface area contributed by atoms with Gasteiger partial charge in [-0.2, -0.15) is 0 Å².